The Kier molecular flexibility index (Phi) is 6.34. The van der Waals surface area contributed by atoms with E-state index in [1.807, 2.05) is 41.3 Å². The number of carbonyl (C=O) groups is 1. The highest BCUT2D eigenvalue weighted by molar-refractivity contribution is 5.95. The van der Waals surface area contributed by atoms with E-state index in [0.29, 0.717) is 36.0 Å². The van der Waals surface area contributed by atoms with Crippen molar-refractivity contribution in [2.24, 2.45) is 11.7 Å². The molecule has 1 saturated heterocycles. The highest BCUT2D eigenvalue weighted by Crippen LogP contribution is 2.51. The average molecular weight is 462 g/mol. The minimum absolute atomic E-state index is 0.00362. The Hall–Kier alpha value is -3.06. The molecular formula is C27H35N5O2. The van der Waals surface area contributed by atoms with Crippen molar-refractivity contribution in [1.82, 2.24) is 20.0 Å². The lowest BCUT2D eigenvalue weighted by atomic mass is 9.86. The van der Waals surface area contributed by atoms with Crippen LogP contribution >= 0.6 is 0 Å². The third kappa shape index (κ3) is 4.62. The van der Waals surface area contributed by atoms with E-state index in [1.165, 1.54) is 5.56 Å². The molecule has 7 heteroatoms. The van der Waals surface area contributed by atoms with Crippen LogP contribution in [0.15, 0.2) is 53.3 Å². The number of aryl methyl sites for hydroxylation is 1. The molecule has 0 saturated carbocycles. The Bertz CT molecular complexity index is 1130. The van der Waals surface area contributed by atoms with Crippen molar-refractivity contribution in [3.05, 3.63) is 77.2 Å². The monoisotopic (exact) mass is 461 g/mol. The Labute approximate surface area is 201 Å². The molecule has 1 aliphatic heterocycles. The molecule has 0 bridgehead atoms. The summed E-state index contributed by atoms with van der Waals surface area (Å²) in [5, 5.41) is 4.01. The summed E-state index contributed by atoms with van der Waals surface area (Å²) >= 11 is 0. The van der Waals surface area contributed by atoms with Gasteiger partial charge in [-0.3, -0.25) is 9.78 Å². The first-order valence-electron chi connectivity index (χ1n) is 11.9. The van der Waals surface area contributed by atoms with Crippen LogP contribution in [0.1, 0.15) is 92.6 Å². The fourth-order valence-electron chi connectivity index (χ4n) is 5.14. The Morgan fingerprint density at radius 1 is 1.24 bits per heavy atom. The molecule has 2 aromatic heterocycles. The molecule has 0 spiro atoms. The molecule has 0 unspecified atom stereocenters. The molecule has 0 aliphatic carbocycles. The Morgan fingerprint density at radius 3 is 2.47 bits per heavy atom. The number of likely N-dealkylation sites (tertiary alicyclic amines) is 1. The molecule has 1 amide bonds. The van der Waals surface area contributed by atoms with Crippen LogP contribution in [0.4, 0.5) is 0 Å². The van der Waals surface area contributed by atoms with Gasteiger partial charge in [0.1, 0.15) is 0 Å². The molecule has 7 nitrogen and oxygen atoms in total. The zero-order valence-corrected chi connectivity index (χ0v) is 20.9. The molecule has 0 radical (unpaired) electrons. The van der Waals surface area contributed by atoms with Gasteiger partial charge in [0.05, 0.1) is 17.6 Å². The van der Waals surface area contributed by atoms with E-state index in [2.05, 4.69) is 49.7 Å². The minimum Gasteiger partial charge on any atom is -0.339 e. The van der Waals surface area contributed by atoms with Crippen LogP contribution in [0.5, 0.6) is 0 Å². The van der Waals surface area contributed by atoms with Crippen LogP contribution in [-0.2, 0) is 5.41 Å². The molecule has 34 heavy (non-hydrogen) atoms. The summed E-state index contributed by atoms with van der Waals surface area (Å²) < 4.78 is 5.61. The lowest BCUT2D eigenvalue weighted by Crippen LogP contribution is -2.55. The number of aromatic nitrogens is 3. The fourth-order valence-corrected chi connectivity index (χ4v) is 5.14. The van der Waals surface area contributed by atoms with Crippen molar-refractivity contribution in [3.8, 4) is 0 Å². The molecule has 1 aromatic carbocycles. The molecule has 3 aromatic rings. The molecule has 3 heterocycles. The number of rotatable bonds is 5. The maximum atomic E-state index is 14.1. The van der Waals surface area contributed by atoms with Gasteiger partial charge in [-0.25, -0.2) is 0 Å². The normalized spacial score (nSPS) is 23.0. The summed E-state index contributed by atoms with van der Waals surface area (Å²) in [5.41, 5.74) is 8.92. The van der Waals surface area contributed by atoms with Crippen molar-refractivity contribution in [3.63, 3.8) is 0 Å². The second-order valence-corrected chi connectivity index (χ2v) is 10.9. The van der Waals surface area contributed by atoms with E-state index in [0.717, 1.165) is 5.56 Å². The summed E-state index contributed by atoms with van der Waals surface area (Å²) in [7, 11) is 0. The van der Waals surface area contributed by atoms with Gasteiger partial charge in [-0.05, 0) is 60.4 Å². The van der Waals surface area contributed by atoms with Gasteiger partial charge in [0.15, 0.2) is 5.82 Å². The van der Waals surface area contributed by atoms with Crippen molar-refractivity contribution in [2.45, 2.75) is 77.4 Å². The predicted molar refractivity (Wildman–Crippen MR) is 131 cm³/mol. The van der Waals surface area contributed by atoms with E-state index in [9.17, 15) is 4.79 Å². The molecule has 3 atom stereocenters. The average Bonchev–Trinajstić information content (AvgIpc) is 3.33. The van der Waals surface area contributed by atoms with Crippen LogP contribution in [-0.4, -0.2) is 31.6 Å². The number of pyridine rings is 1. The second kappa shape index (κ2) is 8.95. The predicted octanol–water partition coefficient (Wildman–Crippen LogP) is 5.14. The van der Waals surface area contributed by atoms with E-state index in [-0.39, 0.29) is 23.3 Å². The number of nitrogens with zero attached hydrogens (tertiary/aromatic N) is 4. The Balaban J connectivity index is 1.83. The van der Waals surface area contributed by atoms with Crippen molar-refractivity contribution in [1.29, 1.82) is 0 Å². The second-order valence-electron chi connectivity index (χ2n) is 10.9. The smallest absolute Gasteiger partial charge is 0.255 e. The van der Waals surface area contributed by atoms with Crippen LogP contribution in [0, 0.1) is 12.8 Å². The molecule has 1 aliphatic rings. The van der Waals surface area contributed by atoms with Gasteiger partial charge in [-0.2, -0.15) is 4.98 Å². The quantitative estimate of drug-likeness (QED) is 0.565. The van der Waals surface area contributed by atoms with Gasteiger partial charge in [0, 0.05) is 18.0 Å². The number of benzene rings is 1. The standard InChI is InChI=1S/C27H35N5O2/c1-17(2)14-27(28)15-22(24-30-18(3)31-34-24)23(20-8-7-13-29-16-20)32(27)25(33)19-9-11-21(12-10-19)26(4,5)6/h7-13,16-17,22-23H,14-15,28H2,1-6H3/t22-,23-,27-/m0/s1. The molecule has 2 N–H and O–H groups in total. The van der Waals surface area contributed by atoms with E-state index in [4.69, 9.17) is 10.3 Å². The summed E-state index contributed by atoms with van der Waals surface area (Å²) in [5.74, 6) is 1.03. The molecular weight excluding hydrogens is 426 g/mol. The van der Waals surface area contributed by atoms with Gasteiger partial charge in [-0.1, -0.05) is 58.0 Å². The zero-order valence-electron chi connectivity index (χ0n) is 20.9. The third-order valence-electron chi connectivity index (χ3n) is 6.58. The van der Waals surface area contributed by atoms with Crippen LogP contribution in [0.2, 0.25) is 0 Å². The summed E-state index contributed by atoms with van der Waals surface area (Å²) in [6.07, 6.45) is 4.70. The highest BCUT2D eigenvalue weighted by Gasteiger charge is 2.54. The SMILES string of the molecule is Cc1noc([C@H]2C[C@](N)(CC(C)C)N(C(=O)c3ccc(C(C)(C)C)cc3)[C@H]2c2cccnc2)n1. The first-order chi connectivity index (χ1) is 16.0. The van der Waals surface area contributed by atoms with Crippen molar-refractivity contribution in [2.75, 3.05) is 0 Å². The van der Waals surface area contributed by atoms with Crippen molar-refractivity contribution < 1.29 is 9.32 Å². The number of nitrogens with two attached hydrogens (primary N) is 1. The summed E-state index contributed by atoms with van der Waals surface area (Å²) in [4.78, 5) is 24.8. The highest BCUT2D eigenvalue weighted by atomic mass is 16.5. The maximum absolute atomic E-state index is 14.1. The first-order valence-corrected chi connectivity index (χ1v) is 11.9. The van der Waals surface area contributed by atoms with Crippen LogP contribution in [0.25, 0.3) is 0 Å². The summed E-state index contributed by atoms with van der Waals surface area (Å²) in [6, 6.07) is 11.4. The largest absolute Gasteiger partial charge is 0.339 e. The maximum Gasteiger partial charge on any atom is 0.255 e. The summed E-state index contributed by atoms with van der Waals surface area (Å²) in [6.45, 7) is 12.5. The minimum atomic E-state index is -0.874. The topological polar surface area (TPSA) is 98.1 Å². The van der Waals surface area contributed by atoms with E-state index in [1.54, 1.807) is 19.3 Å². The fraction of sp³-hybridized carbons (Fsp3) is 0.481. The van der Waals surface area contributed by atoms with E-state index >= 15 is 0 Å². The van der Waals surface area contributed by atoms with E-state index < -0.39 is 5.66 Å². The molecule has 1 fully saturated rings. The molecule has 180 valence electrons. The molecule has 4 rings (SSSR count). The van der Waals surface area contributed by atoms with Crippen molar-refractivity contribution >= 4 is 5.91 Å². The lowest BCUT2D eigenvalue weighted by Gasteiger charge is -2.39. The number of hydrogen-bond donors (Lipinski definition) is 1. The van der Waals surface area contributed by atoms with Gasteiger partial charge < -0.3 is 15.2 Å². The first kappa shape index (κ1) is 24.1. The number of hydrogen-bond acceptors (Lipinski definition) is 6. The van der Waals surface area contributed by atoms with Gasteiger partial charge >= 0.3 is 0 Å². The van der Waals surface area contributed by atoms with Gasteiger partial charge in [-0.15, -0.1) is 0 Å². The van der Waals surface area contributed by atoms with Gasteiger partial charge in [0.2, 0.25) is 5.89 Å². The lowest BCUT2D eigenvalue weighted by molar-refractivity contribution is 0.0443. The third-order valence-corrected chi connectivity index (χ3v) is 6.58. The zero-order chi connectivity index (χ0) is 24.7. The Morgan fingerprint density at radius 2 is 1.94 bits per heavy atom. The number of carbonyl (C=O) groups excluding carboxylic acids is 1. The van der Waals surface area contributed by atoms with Crippen LogP contribution < -0.4 is 5.73 Å². The number of amides is 1. The van der Waals surface area contributed by atoms with Gasteiger partial charge in [0.25, 0.3) is 5.91 Å². The van der Waals surface area contributed by atoms with Crippen LogP contribution in [0.3, 0.4) is 0 Å².